The van der Waals surface area contributed by atoms with Gasteiger partial charge in [-0.2, -0.15) is 0 Å². The lowest BCUT2D eigenvalue weighted by atomic mass is 9.43. The van der Waals surface area contributed by atoms with Gasteiger partial charge in [0.1, 0.15) is 18.9 Å². The molecule has 1 amide bonds. The van der Waals surface area contributed by atoms with Crippen molar-refractivity contribution in [2.75, 3.05) is 13.1 Å². The third kappa shape index (κ3) is 4.52. The van der Waals surface area contributed by atoms with E-state index in [0.29, 0.717) is 53.7 Å². The molecule has 212 valence electrons. The van der Waals surface area contributed by atoms with Crippen LogP contribution in [0.1, 0.15) is 102 Å². The first-order chi connectivity index (χ1) is 18.5. The number of hydrogen-bond donors (Lipinski definition) is 2. The Morgan fingerprint density at radius 1 is 0.923 bits per heavy atom. The molecule has 2 N–H and O–H groups in total. The first-order valence-corrected chi connectivity index (χ1v) is 15.4. The molecule has 5 nitrogen and oxygen atoms in total. The summed E-state index contributed by atoms with van der Waals surface area (Å²) in [5.74, 6) is 9.17. The summed E-state index contributed by atoms with van der Waals surface area (Å²) in [6.07, 6.45) is 8.09. The Morgan fingerprint density at radius 2 is 1.56 bits per heavy atom. The summed E-state index contributed by atoms with van der Waals surface area (Å²) in [5, 5.41) is 22.1. The molecule has 4 unspecified atom stereocenters. The van der Waals surface area contributed by atoms with Gasteiger partial charge in [0.05, 0.1) is 11.7 Å². The smallest absolute Gasteiger partial charge is 0.379 e. The minimum atomic E-state index is -0.640. The number of rotatable bonds is 4. The first kappa shape index (κ1) is 28.5. The standard InChI is InChI=1S/C34H48NO4/c1-6-35(39,7-2)32(38)24-11-9-8-10-23(24)12-13-26-29-15-14-25-28-17-16-27(22(3)36)33(28,4)20-18-30(25)34(29,5)21-19-31(26)37/h8-11,25-31,37,39H,6-7,14-21H2,1-5H3/q+1/t25?,26?,27-,28?,29-,30?,31+,33-,34+/m1/s1. The summed E-state index contributed by atoms with van der Waals surface area (Å²) >= 11 is 0. The first-order valence-electron chi connectivity index (χ1n) is 15.4. The van der Waals surface area contributed by atoms with E-state index in [9.17, 15) is 19.9 Å². The Hall–Kier alpha value is -2.00. The van der Waals surface area contributed by atoms with Crippen molar-refractivity contribution in [3.63, 3.8) is 0 Å². The maximum atomic E-state index is 13.3. The lowest BCUT2D eigenvalue weighted by Crippen LogP contribution is -2.56. The van der Waals surface area contributed by atoms with Crippen molar-refractivity contribution in [2.45, 2.75) is 92.1 Å². The van der Waals surface area contributed by atoms with Crippen LogP contribution in [0.2, 0.25) is 0 Å². The van der Waals surface area contributed by atoms with E-state index < -0.39 is 10.8 Å². The lowest BCUT2D eigenvalue weighted by molar-refractivity contribution is -1.03. The fourth-order valence-electron chi connectivity index (χ4n) is 9.89. The normalized spacial score (nSPS) is 39.5. The van der Waals surface area contributed by atoms with Crippen molar-refractivity contribution < 1.29 is 24.5 Å². The van der Waals surface area contributed by atoms with E-state index >= 15 is 0 Å². The Morgan fingerprint density at radius 3 is 2.26 bits per heavy atom. The van der Waals surface area contributed by atoms with Gasteiger partial charge in [-0.3, -0.25) is 4.79 Å². The van der Waals surface area contributed by atoms with Crippen molar-refractivity contribution in [2.24, 2.45) is 46.3 Å². The van der Waals surface area contributed by atoms with Crippen LogP contribution in [0.25, 0.3) is 0 Å². The molecule has 5 heteroatoms. The molecule has 1 aromatic carbocycles. The zero-order valence-electron chi connectivity index (χ0n) is 24.6. The molecule has 0 radical (unpaired) electrons. The molecule has 0 saturated heterocycles. The molecule has 9 atom stereocenters. The zero-order chi connectivity index (χ0) is 28.2. The van der Waals surface area contributed by atoms with Gasteiger partial charge in [0.15, 0.2) is 0 Å². The van der Waals surface area contributed by atoms with Gasteiger partial charge >= 0.3 is 5.91 Å². The van der Waals surface area contributed by atoms with Crippen LogP contribution in [0, 0.1) is 58.2 Å². The molecule has 1 aromatic rings. The molecule has 4 aliphatic rings. The van der Waals surface area contributed by atoms with Gasteiger partial charge in [-0.1, -0.05) is 37.8 Å². The topological polar surface area (TPSA) is 74.6 Å². The van der Waals surface area contributed by atoms with E-state index in [0.717, 1.165) is 38.5 Å². The molecular formula is C34H48NO4+. The van der Waals surface area contributed by atoms with E-state index in [-0.39, 0.29) is 28.6 Å². The van der Waals surface area contributed by atoms with Gasteiger partial charge in [0, 0.05) is 17.4 Å². The summed E-state index contributed by atoms with van der Waals surface area (Å²) in [4.78, 5) is 25.8. The van der Waals surface area contributed by atoms with Crippen LogP contribution < -0.4 is 0 Å². The van der Waals surface area contributed by atoms with Crippen LogP contribution in [0.5, 0.6) is 0 Å². The molecule has 39 heavy (non-hydrogen) atoms. The minimum Gasteiger partial charge on any atom is -0.392 e. The molecule has 4 saturated carbocycles. The predicted octanol–water partition coefficient (Wildman–Crippen LogP) is 6.26. The number of carbonyl (C=O) groups excluding carboxylic acids is 2. The third-order valence-electron chi connectivity index (χ3n) is 12.2. The van der Waals surface area contributed by atoms with E-state index in [1.807, 2.05) is 32.0 Å². The number of Topliss-reactive ketones (excluding diaryl/α,β-unsaturated/α-hetero) is 1. The van der Waals surface area contributed by atoms with Crippen molar-refractivity contribution in [1.29, 1.82) is 0 Å². The van der Waals surface area contributed by atoms with Crippen LogP contribution in [0.3, 0.4) is 0 Å². The van der Waals surface area contributed by atoms with Crippen LogP contribution >= 0.6 is 0 Å². The average molecular weight is 535 g/mol. The summed E-state index contributed by atoms with van der Waals surface area (Å²) in [6.45, 7) is 10.9. The van der Waals surface area contributed by atoms with E-state index in [2.05, 4.69) is 25.7 Å². The number of hydroxylamine groups is 3. The molecular weight excluding hydrogens is 486 g/mol. The summed E-state index contributed by atoms with van der Waals surface area (Å²) in [6, 6.07) is 7.31. The van der Waals surface area contributed by atoms with Gasteiger partial charge in [0.25, 0.3) is 0 Å². The number of fused-ring (bicyclic) bond motifs is 5. The van der Waals surface area contributed by atoms with Crippen LogP contribution in [-0.4, -0.2) is 45.8 Å². The lowest BCUT2D eigenvalue weighted by Gasteiger charge is -2.62. The maximum absolute atomic E-state index is 13.3. The van der Waals surface area contributed by atoms with Gasteiger partial charge in [-0.25, -0.2) is 10.0 Å². The number of carbonyl (C=O) groups is 2. The monoisotopic (exact) mass is 534 g/mol. The summed E-state index contributed by atoms with van der Waals surface area (Å²) in [7, 11) is 0. The molecule has 0 bridgehead atoms. The van der Waals surface area contributed by atoms with Gasteiger partial charge < -0.3 is 5.11 Å². The number of hydrogen-bond acceptors (Lipinski definition) is 4. The Kier molecular flexibility index (Phi) is 7.63. The highest BCUT2D eigenvalue weighted by Gasteiger charge is 2.62. The molecule has 0 aromatic heterocycles. The van der Waals surface area contributed by atoms with Crippen LogP contribution in [0.15, 0.2) is 24.3 Å². The number of quaternary nitrogens is 1. The molecule has 0 spiro atoms. The van der Waals surface area contributed by atoms with Gasteiger partial charge in [0.2, 0.25) is 0 Å². The van der Waals surface area contributed by atoms with E-state index in [4.69, 9.17) is 0 Å². The highest BCUT2D eigenvalue weighted by molar-refractivity contribution is 5.91. The van der Waals surface area contributed by atoms with Gasteiger partial charge in [-0.15, -0.1) is 4.65 Å². The SMILES string of the molecule is CC[N+](O)(CC)C(=O)c1ccccc1C#CC1[C@H]2CCC3C4CC[C@H](C(C)=O)[C@@]4(C)CCC3[C@@]2(C)CC[C@@H]1O. The van der Waals surface area contributed by atoms with E-state index in [1.165, 1.54) is 12.8 Å². The van der Waals surface area contributed by atoms with Crippen molar-refractivity contribution in [3.8, 4) is 11.8 Å². The minimum absolute atomic E-state index is 0.125. The second-order valence-electron chi connectivity index (χ2n) is 13.7. The van der Waals surface area contributed by atoms with Crippen LogP contribution in [0.4, 0.5) is 0 Å². The molecule has 5 rings (SSSR count). The molecule has 0 heterocycles. The average Bonchev–Trinajstić information content (AvgIpc) is 3.29. The highest BCUT2D eigenvalue weighted by Crippen LogP contribution is 2.68. The van der Waals surface area contributed by atoms with Crippen molar-refractivity contribution >= 4 is 11.7 Å². The number of benzene rings is 1. The summed E-state index contributed by atoms with van der Waals surface area (Å²) in [5.41, 5.74) is 1.36. The van der Waals surface area contributed by atoms with Crippen molar-refractivity contribution in [3.05, 3.63) is 35.4 Å². The fourth-order valence-corrected chi connectivity index (χ4v) is 9.89. The quantitative estimate of drug-likeness (QED) is 0.207. The number of aliphatic hydroxyl groups excluding tert-OH is 1. The van der Waals surface area contributed by atoms with Crippen LogP contribution in [-0.2, 0) is 4.79 Å². The highest BCUT2D eigenvalue weighted by atomic mass is 16.6. The molecule has 0 aliphatic heterocycles. The number of nitrogens with zero attached hydrogens (tertiary/aromatic N) is 1. The van der Waals surface area contributed by atoms with E-state index in [1.54, 1.807) is 13.0 Å². The molecule has 4 fully saturated rings. The largest absolute Gasteiger partial charge is 0.392 e. The van der Waals surface area contributed by atoms with Gasteiger partial charge in [-0.05, 0) is 119 Å². The fraction of sp³-hybridized carbons (Fsp3) is 0.706. The third-order valence-corrected chi connectivity index (χ3v) is 12.2. The Labute approximate surface area is 234 Å². The number of amides is 1. The second-order valence-corrected chi connectivity index (χ2v) is 13.7. The predicted molar refractivity (Wildman–Crippen MR) is 152 cm³/mol. The van der Waals surface area contributed by atoms with Crippen molar-refractivity contribution in [1.82, 2.24) is 0 Å². The maximum Gasteiger partial charge on any atom is 0.379 e. The number of aliphatic hydroxyl groups is 1. The summed E-state index contributed by atoms with van der Waals surface area (Å²) < 4.78 is -0.640. The Bertz CT molecular complexity index is 1180. The second kappa shape index (κ2) is 10.4. The number of ketones is 1. The Balaban J connectivity index is 1.43. The zero-order valence-corrected chi connectivity index (χ0v) is 24.6. The molecule has 4 aliphatic carbocycles.